The first-order valence-corrected chi connectivity index (χ1v) is 7.35. The van der Waals surface area contributed by atoms with Crippen LogP contribution in [0.15, 0.2) is 0 Å². The van der Waals surface area contributed by atoms with Gasteiger partial charge in [-0.2, -0.15) is 0 Å². The van der Waals surface area contributed by atoms with Crippen molar-refractivity contribution in [2.45, 2.75) is 64.3 Å². The minimum atomic E-state index is 0.418. The van der Waals surface area contributed by atoms with Crippen molar-refractivity contribution in [2.75, 3.05) is 5.75 Å². The van der Waals surface area contributed by atoms with Crippen molar-refractivity contribution in [1.82, 2.24) is 5.32 Å². The van der Waals surface area contributed by atoms with Crippen LogP contribution >= 0.6 is 11.8 Å². The molecule has 0 bridgehead atoms. The van der Waals surface area contributed by atoms with Gasteiger partial charge in [-0.25, -0.2) is 0 Å². The molecule has 1 heterocycles. The molecular formula is C13H25NS. The van der Waals surface area contributed by atoms with E-state index in [-0.39, 0.29) is 0 Å². The van der Waals surface area contributed by atoms with Crippen LogP contribution < -0.4 is 5.32 Å². The van der Waals surface area contributed by atoms with E-state index in [2.05, 4.69) is 44.8 Å². The van der Waals surface area contributed by atoms with E-state index >= 15 is 0 Å². The molecule has 1 saturated carbocycles. The summed E-state index contributed by atoms with van der Waals surface area (Å²) in [7, 11) is 0. The molecule has 88 valence electrons. The zero-order valence-corrected chi connectivity index (χ0v) is 11.4. The number of hydrogen-bond acceptors (Lipinski definition) is 2. The molecule has 1 saturated heterocycles. The third kappa shape index (κ3) is 2.52. The van der Waals surface area contributed by atoms with E-state index < -0.39 is 0 Å². The number of thioether (sulfide) groups is 1. The van der Waals surface area contributed by atoms with Gasteiger partial charge in [0.25, 0.3) is 0 Å². The van der Waals surface area contributed by atoms with Crippen LogP contribution in [0.25, 0.3) is 0 Å². The zero-order chi connectivity index (χ0) is 11.1. The van der Waals surface area contributed by atoms with Crippen LogP contribution in [0.5, 0.6) is 0 Å². The fraction of sp³-hybridized carbons (Fsp3) is 1.00. The van der Waals surface area contributed by atoms with E-state index in [4.69, 9.17) is 0 Å². The molecule has 3 atom stereocenters. The summed E-state index contributed by atoms with van der Waals surface area (Å²) in [4.78, 5) is 0.418. The molecular weight excluding hydrogens is 202 g/mol. The van der Waals surface area contributed by atoms with Crippen LogP contribution in [0, 0.1) is 11.3 Å². The highest BCUT2D eigenvalue weighted by molar-refractivity contribution is 8.00. The number of rotatable bonds is 1. The van der Waals surface area contributed by atoms with Crippen molar-refractivity contribution in [1.29, 1.82) is 0 Å². The molecule has 1 aliphatic carbocycles. The van der Waals surface area contributed by atoms with Gasteiger partial charge in [0.05, 0.1) is 4.87 Å². The molecule has 2 rings (SSSR count). The summed E-state index contributed by atoms with van der Waals surface area (Å²) in [6.45, 7) is 9.59. The Morgan fingerprint density at radius 3 is 2.60 bits per heavy atom. The van der Waals surface area contributed by atoms with Crippen molar-refractivity contribution in [3.63, 3.8) is 0 Å². The second kappa shape index (κ2) is 3.96. The summed E-state index contributed by atoms with van der Waals surface area (Å²) in [5, 5.41) is 3.90. The van der Waals surface area contributed by atoms with Gasteiger partial charge in [0.2, 0.25) is 0 Å². The van der Waals surface area contributed by atoms with Gasteiger partial charge in [0.15, 0.2) is 0 Å². The van der Waals surface area contributed by atoms with Gasteiger partial charge < -0.3 is 0 Å². The summed E-state index contributed by atoms with van der Waals surface area (Å²) < 4.78 is 0. The number of nitrogens with one attached hydrogen (secondary N) is 1. The van der Waals surface area contributed by atoms with E-state index in [1.165, 1.54) is 31.4 Å². The van der Waals surface area contributed by atoms with Crippen molar-refractivity contribution < 1.29 is 0 Å². The van der Waals surface area contributed by atoms with Crippen LogP contribution in [0.1, 0.15) is 53.4 Å². The largest absolute Gasteiger partial charge is 0.299 e. The maximum atomic E-state index is 3.90. The smallest absolute Gasteiger partial charge is 0.0655 e. The summed E-state index contributed by atoms with van der Waals surface area (Å²) in [5.41, 5.74) is 0.528. The molecule has 0 aromatic carbocycles. The topological polar surface area (TPSA) is 12.0 Å². The lowest BCUT2D eigenvalue weighted by Crippen LogP contribution is -2.49. The Hall–Kier alpha value is 0.310. The predicted octanol–water partition coefficient (Wildman–Crippen LogP) is 3.64. The Morgan fingerprint density at radius 2 is 2.07 bits per heavy atom. The Kier molecular flexibility index (Phi) is 3.11. The molecule has 2 fully saturated rings. The third-order valence-electron chi connectivity index (χ3n) is 3.86. The lowest BCUT2D eigenvalue weighted by Gasteiger charge is -2.45. The summed E-state index contributed by atoms with van der Waals surface area (Å²) >= 11 is 2.19. The lowest BCUT2D eigenvalue weighted by atomic mass is 9.70. The van der Waals surface area contributed by atoms with Gasteiger partial charge in [-0.3, -0.25) is 5.32 Å². The van der Waals surface area contributed by atoms with Gasteiger partial charge in [-0.05, 0) is 37.0 Å². The average molecular weight is 227 g/mol. The quantitative estimate of drug-likeness (QED) is 0.734. The average Bonchev–Trinajstić information content (AvgIpc) is 2.44. The van der Waals surface area contributed by atoms with E-state index in [9.17, 15) is 0 Å². The molecule has 2 heteroatoms. The SMILES string of the molecule is CCC1CSC2(CC(C)CC(C)(C)C2)N1. The Bertz CT molecular complexity index is 239. The van der Waals surface area contributed by atoms with Gasteiger partial charge in [0.1, 0.15) is 0 Å². The second-order valence-corrected chi connectivity index (χ2v) is 7.81. The van der Waals surface area contributed by atoms with Crippen LogP contribution in [0.2, 0.25) is 0 Å². The minimum absolute atomic E-state index is 0.418. The molecule has 1 spiro atoms. The van der Waals surface area contributed by atoms with Crippen molar-refractivity contribution in [2.24, 2.45) is 11.3 Å². The van der Waals surface area contributed by atoms with Gasteiger partial charge in [-0.15, -0.1) is 11.8 Å². The second-order valence-electron chi connectivity index (χ2n) is 6.41. The fourth-order valence-electron chi connectivity index (χ4n) is 3.65. The maximum Gasteiger partial charge on any atom is 0.0655 e. The van der Waals surface area contributed by atoms with Gasteiger partial charge >= 0.3 is 0 Å². The molecule has 1 aliphatic heterocycles. The van der Waals surface area contributed by atoms with Gasteiger partial charge in [-0.1, -0.05) is 27.7 Å². The van der Waals surface area contributed by atoms with Crippen LogP contribution in [0.4, 0.5) is 0 Å². The summed E-state index contributed by atoms with van der Waals surface area (Å²) in [5.74, 6) is 2.20. The van der Waals surface area contributed by atoms with Gasteiger partial charge in [0, 0.05) is 11.8 Å². The van der Waals surface area contributed by atoms with E-state index in [1.807, 2.05) is 0 Å². The van der Waals surface area contributed by atoms with Crippen LogP contribution in [-0.4, -0.2) is 16.7 Å². The molecule has 1 nitrogen and oxygen atoms in total. The Balaban J connectivity index is 2.08. The van der Waals surface area contributed by atoms with E-state index in [0.29, 0.717) is 10.3 Å². The molecule has 15 heavy (non-hydrogen) atoms. The van der Waals surface area contributed by atoms with E-state index in [0.717, 1.165) is 12.0 Å². The highest BCUT2D eigenvalue weighted by Crippen LogP contribution is 2.51. The molecule has 1 N–H and O–H groups in total. The maximum absolute atomic E-state index is 3.90. The van der Waals surface area contributed by atoms with Crippen molar-refractivity contribution in [3.05, 3.63) is 0 Å². The van der Waals surface area contributed by atoms with Crippen molar-refractivity contribution in [3.8, 4) is 0 Å². The highest BCUT2D eigenvalue weighted by atomic mass is 32.2. The first-order chi connectivity index (χ1) is 6.95. The molecule has 0 aromatic heterocycles. The summed E-state index contributed by atoms with van der Waals surface area (Å²) in [6.07, 6.45) is 5.40. The van der Waals surface area contributed by atoms with Crippen LogP contribution in [0.3, 0.4) is 0 Å². The fourth-order valence-corrected chi connectivity index (χ4v) is 5.64. The van der Waals surface area contributed by atoms with E-state index in [1.54, 1.807) is 0 Å². The Labute approximate surface area is 98.8 Å². The number of hydrogen-bond donors (Lipinski definition) is 1. The molecule has 0 aromatic rings. The zero-order valence-electron chi connectivity index (χ0n) is 10.6. The molecule has 2 aliphatic rings. The predicted molar refractivity (Wildman–Crippen MR) is 69.2 cm³/mol. The third-order valence-corrected chi connectivity index (χ3v) is 5.41. The molecule has 3 unspecified atom stereocenters. The monoisotopic (exact) mass is 227 g/mol. The standard InChI is InChI=1S/C13H25NS/c1-5-11-8-15-13(14-11)7-10(2)6-12(3,4)9-13/h10-11,14H,5-9H2,1-4H3. The normalized spacial score (nSPS) is 44.8. The Morgan fingerprint density at radius 1 is 1.33 bits per heavy atom. The first kappa shape index (κ1) is 11.8. The first-order valence-electron chi connectivity index (χ1n) is 6.36. The van der Waals surface area contributed by atoms with Crippen LogP contribution in [-0.2, 0) is 0 Å². The van der Waals surface area contributed by atoms with Crippen molar-refractivity contribution >= 4 is 11.8 Å². The molecule has 0 amide bonds. The molecule has 0 radical (unpaired) electrons. The lowest BCUT2D eigenvalue weighted by molar-refractivity contribution is 0.133. The highest BCUT2D eigenvalue weighted by Gasteiger charge is 2.46. The summed E-state index contributed by atoms with van der Waals surface area (Å²) in [6, 6.07) is 0.760. The minimum Gasteiger partial charge on any atom is -0.299 e.